The van der Waals surface area contributed by atoms with Crippen LogP contribution in [0, 0.1) is 12.8 Å². The average Bonchev–Trinajstić information content (AvgIpc) is 1.89. The van der Waals surface area contributed by atoms with E-state index < -0.39 is 0 Å². The molecule has 0 bridgehead atoms. The van der Waals surface area contributed by atoms with Crippen LogP contribution in [0.1, 0.15) is 26.2 Å². The van der Waals surface area contributed by atoms with Gasteiger partial charge in [-0.1, -0.05) is 31.6 Å². The zero-order chi connectivity index (χ0) is 7.82. The molecule has 0 rings (SSSR count). The van der Waals surface area contributed by atoms with E-state index in [1.807, 2.05) is 6.08 Å². The average molecular weight is 137 g/mol. The molecule has 0 aromatic rings. The highest BCUT2D eigenvalue weighted by atomic mass is 14.0. The van der Waals surface area contributed by atoms with Crippen LogP contribution < -0.4 is 0 Å². The highest BCUT2D eigenvalue weighted by Gasteiger charge is 1.89. The van der Waals surface area contributed by atoms with Crippen LogP contribution in [0.15, 0.2) is 24.8 Å². The van der Waals surface area contributed by atoms with Gasteiger partial charge in [-0.15, -0.1) is 6.58 Å². The highest BCUT2D eigenvalue weighted by molar-refractivity contribution is 4.92. The summed E-state index contributed by atoms with van der Waals surface area (Å²) in [6, 6.07) is 0. The first-order chi connectivity index (χ1) is 4.81. The second kappa shape index (κ2) is 6.60. The minimum absolute atomic E-state index is 0.420. The minimum atomic E-state index is 0.420. The van der Waals surface area contributed by atoms with Crippen molar-refractivity contribution in [3.63, 3.8) is 0 Å². The van der Waals surface area contributed by atoms with Gasteiger partial charge in [0.05, 0.1) is 0 Å². The topological polar surface area (TPSA) is 0 Å². The van der Waals surface area contributed by atoms with Crippen molar-refractivity contribution >= 4 is 0 Å². The van der Waals surface area contributed by atoms with Crippen molar-refractivity contribution in [1.29, 1.82) is 0 Å². The predicted octanol–water partition coefficient (Wildman–Crippen LogP) is 3.37. The fourth-order valence-electron chi connectivity index (χ4n) is 0.748. The van der Waals surface area contributed by atoms with E-state index in [9.17, 15) is 0 Å². The Bertz CT molecular complexity index is 101. The van der Waals surface area contributed by atoms with E-state index in [0.29, 0.717) is 5.92 Å². The van der Waals surface area contributed by atoms with Gasteiger partial charge in [0.15, 0.2) is 0 Å². The molecule has 0 N–H and O–H groups in total. The Morgan fingerprint density at radius 2 is 2.20 bits per heavy atom. The summed E-state index contributed by atoms with van der Waals surface area (Å²) >= 11 is 0. The molecular formula is C10H17. The van der Waals surface area contributed by atoms with Gasteiger partial charge in [0.2, 0.25) is 0 Å². The number of allylic oxidation sites excluding steroid dienone is 3. The predicted molar refractivity (Wildman–Crippen MR) is 47.7 cm³/mol. The minimum Gasteiger partial charge on any atom is -0.103 e. The van der Waals surface area contributed by atoms with Gasteiger partial charge in [0, 0.05) is 0 Å². The van der Waals surface area contributed by atoms with Gasteiger partial charge in [-0.25, -0.2) is 0 Å². The van der Waals surface area contributed by atoms with Gasteiger partial charge in [-0.2, -0.15) is 0 Å². The fraction of sp³-hybridized carbons (Fsp3) is 0.500. The quantitative estimate of drug-likeness (QED) is 0.510. The third kappa shape index (κ3) is 5.61. The molecule has 0 aliphatic carbocycles. The van der Waals surface area contributed by atoms with Gasteiger partial charge in [-0.3, -0.25) is 0 Å². The molecule has 0 aromatic heterocycles. The molecular weight excluding hydrogens is 120 g/mol. The summed E-state index contributed by atoms with van der Waals surface area (Å²) in [6.07, 6.45) is 9.64. The molecule has 0 saturated carbocycles. The summed E-state index contributed by atoms with van der Waals surface area (Å²) in [4.78, 5) is 0. The standard InChI is InChI=1S/C10H17/c1-4-6-7-9-10(3)8-5-2/h5,7,9-10H,2-4,6,8H2,1H3. The molecule has 0 aliphatic heterocycles. The van der Waals surface area contributed by atoms with Gasteiger partial charge in [0.1, 0.15) is 0 Å². The van der Waals surface area contributed by atoms with Crippen LogP contribution >= 0.6 is 0 Å². The third-order valence-corrected chi connectivity index (χ3v) is 1.33. The van der Waals surface area contributed by atoms with E-state index in [1.165, 1.54) is 12.8 Å². The molecule has 0 nitrogen and oxygen atoms in total. The summed E-state index contributed by atoms with van der Waals surface area (Å²) in [5.74, 6) is 0.420. The van der Waals surface area contributed by atoms with Crippen molar-refractivity contribution in [3.05, 3.63) is 31.7 Å². The van der Waals surface area contributed by atoms with Crippen LogP contribution in [-0.2, 0) is 0 Å². The lowest BCUT2D eigenvalue weighted by Crippen LogP contribution is -1.85. The summed E-state index contributed by atoms with van der Waals surface area (Å²) in [7, 11) is 0. The van der Waals surface area contributed by atoms with Crippen molar-refractivity contribution < 1.29 is 0 Å². The van der Waals surface area contributed by atoms with Crippen molar-refractivity contribution in [3.8, 4) is 0 Å². The molecule has 0 amide bonds. The number of hydrogen-bond acceptors (Lipinski definition) is 0. The molecule has 1 radical (unpaired) electrons. The lowest BCUT2D eigenvalue weighted by molar-refractivity contribution is 0.818. The summed E-state index contributed by atoms with van der Waals surface area (Å²) in [6.45, 7) is 9.77. The van der Waals surface area contributed by atoms with Crippen molar-refractivity contribution in [1.82, 2.24) is 0 Å². The zero-order valence-corrected chi connectivity index (χ0v) is 6.84. The molecule has 10 heavy (non-hydrogen) atoms. The maximum Gasteiger partial charge on any atom is -0.0199 e. The molecule has 0 heteroatoms. The Labute approximate surface area is 64.6 Å². The molecule has 0 aliphatic rings. The van der Waals surface area contributed by atoms with Gasteiger partial charge < -0.3 is 0 Å². The maximum atomic E-state index is 3.94. The van der Waals surface area contributed by atoms with Crippen LogP contribution in [0.4, 0.5) is 0 Å². The van der Waals surface area contributed by atoms with Gasteiger partial charge in [-0.05, 0) is 25.7 Å². The summed E-state index contributed by atoms with van der Waals surface area (Å²) < 4.78 is 0. The molecule has 0 fully saturated rings. The van der Waals surface area contributed by atoms with E-state index in [1.54, 1.807) is 0 Å². The molecule has 0 saturated heterocycles. The number of rotatable bonds is 5. The lowest BCUT2D eigenvalue weighted by Gasteiger charge is -1.98. The molecule has 1 unspecified atom stereocenters. The molecule has 0 heterocycles. The Hall–Kier alpha value is -0.520. The van der Waals surface area contributed by atoms with Gasteiger partial charge >= 0.3 is 0 Å². The first-order valence-electron chi connectivity index (χ1n) is 3.92. The van der Waals surface area contributed by atoms with E-state index in [4.69, 9.17) is 0 Å². The Morgan fingerprint density at radius 3 is 2.70 bits per heavy atom. The van der Waals surface area contributed by atoms with E-state index in [0.717, 1.165) is 6.42 Å². The van der Waals surface area contributed by atoms with Crippen LogP contribution in [0.5, 0.6) is 0 Å². The van der Waals surface area contributed by atoms with Crippen LogP contribution in [-0.4, -0.2) is 0 Å². The Balaban J connectivity index is 3.34. The fourth-order valence-corrected chi connectivity index (χ4v) is 0.748. The summed E-state index contributed by atoms with van der Waals surface area (Å²) in [5.41, 5.74) is 0. The Kier molecular flexibility index (Phi) is 6.25. The van der Waals surface area contributed by atoms with Gasteiger partial charge in [0.25, 0.3) is 0 Å². The lowest BCUT2D eigenvalue weighted by atomic mass is 10.1. The Morgan fingerprint density at radius 1 is 1.50 bits per heavy atom. The first kappa shape index (κ1) is 9.48. The van der Waals surface area contributed by atoms with E-state index >= 15 is 0 Å². The molecule has 0 spiro atoms. The van der Waals surface area contributed by atoms with E-state index in [2.05, 4.69) is 32.6 Å². The second-order valence-electron chi connectivity index (χ2n) is 2.50. The SMILES string of the molecule is [CH2]C(C=CCCC)CC=C. The second-order valence-corrected chi connectivity index (χ2v) is 2.50. The number of unbranched alkanes of at least 4 members (excludes halogenated alkanes) is 1. The first-order valence-corrected chi connectivity index (χ1v) is 3.92. The summed E-state index contributed by atoms with van der Waals surface area (Å²) in [5, 5.41) is 0. The van der Waals surface area contributed by atoms with Crippen LogP contribution in [0.3, 0.4) is 0 Å². The largest absolute Gasteiger partial charge is 0.103 e. The van der Waals surface area contributed by atoms with E-state index in [-0.39, 0.29) is 0 Å². The molecule has 57 valence electrons. The monoisotopic (exact) mass is 137 g/mol. The maximum absolute atomic E-state index is 3.94. The van der Waals surface area contributed by atoms with Crippen molar-refractivity contribution in [2.75, 3.05) is 0 Å². The molecule has 1 atom stereocenters. The number of hydrogen-bond donors (Lipinski definition) is 0. The van der Waals surface area contributed by atoms with Crippen molar-refractivity contribution in [2.45, 2.75) is 26.2 Å². The smallest absolute Gasteiger partial charge is 0.0199 e. The molecule has 0 aromatic carbocycles. The normalized spacial score (nSPS) is 13.8. The van der Waals surface area contributed by atoms with Crippen molar-refractivity contribution in [2.24, 2.45) is 5.92 Å². The highest BCUT2D eigenvalue weighted by Crippen LogP contribution is 2.04. The van der Waals surface area contributed by atoms with Crippen LogP contribution in [0.25, 0.3) is 0 Å². The third-order valence-electron chi connectivity index (χ3n) is 1.33. The van der Waals surface area contributed by atoms with Crippen LogP contribution in [0.2, 0.25) is 0 Å². The zero-order valence-electron chi connectivity index (χ0n) is 6.84.